The van der Waals surface area contributed by atoms with Crippen LogP contribution in [0.25, 0.3) is 0 Å². The predicted molar refractivity (Wildman–Crippen MR) is 106 cm³/mol. The van der Waals surface area contributed by atoms with Crippen LogP contribution in [0.5, 0.6) is 11.5 Å². The highest BCUT2D eigenvalue weighted by molar-refractivity contribution is 5.81. The van der Waals surface area contributed by atoms with E-state index >= 15 is 0 Å². The summed E-state index contributed by atoms with van der Waals surface area (Å²) in [6.07, 6.45) is 3.29. The molecule has 1 heterocycles. The maximum Gasteiger partial charge on any atom is 0.237 e. The first-order valence-corrected chi connectivity index (χ1v) is 10.3. The van der Waals surface area contributed by atoms with Gasteiger partial charge in [-0.25, -0.2) is 0 Å². The minimum atomic E-state index is -0.0301. The van der Waals surface area contributed by atoms with Crippen LogP contribution in [0.15, 0.2) is 24.3 Å². The number of rotatable bonds is 10. The number of hydrogen-bond donors (Lipinski definition) is 1. The van der Waals surface area contributed by atoms with E-state index in [-0.39, 0.29) is 11.9 Å². The van der Waals surface area contributed by atoms with Gasteiger partial charge in [-0.1, -0.05) is 6.92 Å². The van der Waals surface area contributed by atoms with E-state index in [0.29, 0.717) is 12.6 Å². The highest BCUT2D eigenvalue weighted by Crippen LogP contribution is 2.19. The fraction of sp³-hybridized carbons (Fsp3) is 0.667. The van der Waals surface area contributed by atoms with Crippen molar-refractivity contribution in [1.29, 1.82) is 0 Å². The van der Waals surface area contributed by atoms with Gasteiger partial charge < -0.3 is 14.8 Å². The van der Waals surface area contributed by atoms with Crippen molar-refractivity contribution in [2.75, 3.05) is 45.9 Å². The monoisotopic (exact) mass is 375 g/mol. The molecular weight excluding hydrogens is 342 g/mol. The van der Waals surface area contributed by atoms with E-state index in [1.807, 2.05) is 31.2 Å². The summed E-state index contributed by atoms with van der Waals surface area (Å²) in [6, 6.07) is 8.24. The van der Waals surface area contributed by atoms with Crippen LogP contribution in [0.1, 0.15) is 33.1 Å². The molecule has 1 aliphatic carbocycles. The van der Waals surface area contributed by atoms with Gasteiger partial charge in [0.1, 0.15) is 18.1 Å². The number of nitrogens with zero attached hydrogens (tertiary/aromatic N) is 2. The van der Waals surface area contributed by atoms with Gasteiger partial charge in [-0.3, -0.25) is 14.6 Å². The molecule has 2 fully saturated rings. The van der Waals surface area contributed by atoms with Gasteiger partial charge >= 0.3 is 0 Å². The fourth-order valence-corrected chi connectivity index (χ4v) is 3.23. The highest BCUT2D eigenvalue weighted by Gasteiger charge is 2.29. The first-order valence-electron chi connectivity index (χ1n) is 10.3. The lowest BCUT2D eigenvalue weighted by Crippen LogP contribution is -2.54. The molecule has 0 spiro atoms. The largest absolute Gasteiger partial charge is 0.494 e. The van der Waals surface area contributed by atoms with E-state index in [2.05, 4.69) is 22.0 Å². The third-order valence-electron chi connectivity index (χ3n) is 5.23. The van der Waals surface area contributed by atoms with Crippen LogP contribution < -0.4 is 14.8 Å². The molecule has 0 radical (unpaired) electrons. The van der Waals surface area contributed by atoms with E-state index < -0.39 is 0 Å². The topological polar surface area (TPSA) is 54.0 Å². The van der Waals surface area contributed by atoms with Gasteiger partial charge in [0.15, 0.2) is 0 Å². The van der Waals surface area contributed by atoms with Crippen LogP contribution in [0.3, 0.4) is 0 Å². The van der Waals surface area contributed by atoms with Crippen molar-refractivity contribution in [3.63, 3.8) is 0 Å². The standard InChI is InChI=1S/C21H33N3O3/c1-3-15-26-19-6-8-20(9-7-19)27-16-14-23-10-12-24(13-11-23)17(2)21(25)22-18-4-5-18/h6-9,17-18H,3-5,10-16H2,1-2H3,(H,22,25). The molecule has 27 heavy (non-hydrogen) atoms. The molecule has 1 atom stereocenters. The summed E-state index contributed by atoms with van der Waals surface area (Å²) in [7, 11) is 0. The van der Waals surface area contributed by atoms with Crippen molar-refractivity contribution in [2.24, 2.45) is 0 Å². The smallest absolute Gasteiger partial charge is 0.237 e. The van der Waals surface area contributed by atoms with Gasteiger partial charge in [-0.05, 0) is 50.5 Å². The second kappa shape index (κ2) is 9.95. The zero-order chi connectivity index (χ0) is 19.1. The summed E-state index contributed by atoms with van der Waals surface area (Å²) >= 11 is 0. The number of carbonyl (C=O) groups is 1. The zero-order valence-electron chi connectivity index (χ0n) is 16.7. The maximum absolute atomic E-state index is 12.2. The van der Waals surface area contributed by atoms with Crippen LogP contribution in [-0.4, -0.2) is 73.7 Å². The highest BCUT2D eigenvalue weighted by atomic mass is 16.5. The minimum Gasteiger partial charge on any atom is -0.494 e. The second-order valence-electron chi connectivity index (χ2n) is 7.50. The van der Waals surface area contributed by atoms with Gasteiger partial charge in [-0.15, -0.1) is 0 Å². The van der Waals surface area contributed by atoms with Gasteiger partial charge in [-0.2, -0.15) is 0 Å². The van der Waals surface area contributed by atoms with Crippen LogP contribution in [-0.2, 0) is 4.79 Å². The van der Waals surface area contributed by atoms with Crippen molar-refractivity contribution in [2.45, 2.75) is 45.2 Å². The summed E-state index contributed by atoms with van der Waals surface area (Å²) in [4.78, 5) is 16.9. The Hall–Kier alpha value is -1.79. The van der Waals surface area contributed by atoms with Crippen LogP contribution in [0, 0.1) is 0 Å². The Morgan fingerprint density at radius 3 is 2.22 bits per heavy atom. The number of carbonyl (C=O) groups excluding carboxylic acids is 1. The number of amides is 1. The lowest BCUT2D eigenvalue weighted by Gasteiger charge is -2.37. The Morgan fingerprint density at radius 1 is 1.07 bits per heavy atom. The molecule has 1 saturated carbocycles. The van der Waals surface area contributed by atoms with Gasteiger partial charge in [0, 0.05) is 38.8 Å². The van der Waals surface area contributed by atoms with Crippen molar-refractivity contribution >= 4 is 5.91 Å². The quantitative estimate of drug-likeness (QED) is 0.679. The Balaban J connectivity index is 1.31. The third kappa shape index (κ3) is 6.40. The van der Waals surface area contributed by atoms with Gasteiger partial charge in [0.25, 0.3) is 0 Å². The van der Waals surface area contributed by atoms with E-state index in [0.717, 1.165) is 70.1 Å². The van der Waals surface area contributed by atoms with E-state index in [9.17, 15) is 4.79 Å². The normalized spacial score (nSPS) is 19.5. The van der Waals surface area contributed by atoms with Gasteiger partial charge in [0.05, 0.1) is 12.6 Å². The van der Waals surface area contributed by atoms with Crippen LogP contribution >= 0.6 is 0 Å². The van der Waals surface area contributed by atoms with E-state index in [4.69, 9.17) is 9.47 Å². The Kier molecular flexibility index (Phi) is 7.35. The lowest BCUT2D eigenvalue weighted by atomic mass is 10.2. The predicted octanol–water partition coefficient (Wildman–Crippen LogP) is 2.14. The van der Waals surface area contributed by atoms with E-state index in [1.54, 1.807) is 0 Å². The lowest BCUT2D eigenvalue weighted by molar-refractivity contribution is -0.126. The van der Waals surface area contributed by atoms with Crippen molar-refractivity contribution in [3.05, 3.63) is 24.3 Å². The summed E-state index contributed by atoms with van der Waals surface area (Å²) in [5, 5.41) is 3.11. The minimum absolute atomic E-state index is 0.0301. The molecule has 3 rings (SSSR count). The first kappa shape index (κ1) is 20.0. The first-order chi connectivity index (χ1) is 13.2. The number of piperazine rings is 1. The maximum atomic E-state index is 12.2. The average molecular weight is 376 g/mol. The zero-order valence-corrected chi connectivity index (χ0v) is 16.7. The molecule has 1 unspecified atom stereocenters. The molecule has 1 aromatic carbocycles. The average Bonchev–Trinajstić information content (AvgIpc) is 3.51. The molecule has 0 bridgehead atoms. The number of nitrogens with one attached hydrogen (secondary N) is 1. The molecule has 150 valence electrons. The number of benzene rings is 1. The Bertz CT molecular complexity index is 581. The summed E-state index contributed by atoms with van der Waals surface area (Å²) in [5.74, 6) is 1.95. The van der Waals surface area contributed by atoms with Crippen LogP contribution in [0.2, 0.25) is 0 Å². The molecule has 6 nitrogen and oxygen atoms in total. The van der Waals surface area contributed by atoms with E-state index in [1.165, 1.54) is 0 Å². The fourth-order valence-electron chi connectivity index (χ4n) is 3.23. The third-order valence-corrected chi connectivity index (χ3v) is 5.23. The Labute approximate surface area is 162 Å². The molecular formula is C21H33N3O3. The summed E-state index contributed by atoms with van der Waals surface area (Å²) in [6.45, 7) is 10.3. The molecule has 1 N–H and O–H groups in total. The number of ether oxygens (including phenoxy) is 2. The number of hydrogen-bond acceptors (Lipinski definition) is 5. The molecule has 1 amide bonds. The Morgan fingerprint density at radius 2 is 1.67 bits per heavy atom. The van der Waals surface area contributed by atoms with Crippen molar-refractivity contribution < 1.29 is 14.3 Å². The van der Waals surface area contributed by atoms with Gasteiger partial charge in [0.2, 0.25) is 5.91 Å². The molecule has 1 aromatic rings. The summed E-state index contributed by atoms with van der Waals surface area (Å²) in [5.41, 5.74) is 0. The summed E-state index contributed by atoms with van der Waals surface area (Å²) < 4.78 is 11.4. The van der Waals surface area contributed by atoms with Crippen molar-refractivity contribution in [3.8, 4) is 11.5 Å². The van der Waals surface area contributed by atoms with Crippen molar-refractivity contribution in [1.82, 2.24) is 15.1 Å². The molecule has 6 heteroatoms. The molecule has 1 aliphatic heterocycles. The molecule has 0 aromatic heterocycles. The molecule has 2 aliphatic rings. The second-order valence-corrected chi connectivity index (χ2v) is 7.50. The van der Waals surface area contributed by atoms with Crippen LogP contribution in [0.4, 0.5) is 0 Å². The SMILES string of the molecule is CCCOc1ccc(OCCN2CCN(C(C)C(=O)NC3CC3)CC2)cc1. The molecule has 1 saturated heterocycles.